The summed E-state index contributed by atoms with van der Waals surface area (Å²) in [5, 5.41) is 3.68. The normalized spacial score (nSPS) is 13.1. The number of methoxy groups -OCH3 is 1. The molecule has 1 aromatic heterocycles. The van der Waals surface area contributed by atoms with Crippen LogP contribution in [0.2, 0.25) is 5.22 Å². The van der Waals surface area contributed by atoms with Crippen molar-refractivity contribution in [3.8, 4) is 0 Å². The minimum absolute atomic E-state index is 0.247. The van der Waals surface area contributed by atoms with Gasteiger partial charge in [0.05, 0.1) is 6.26 Å². The molecule has 0 aliphatic carbocycles. The van der Waals surface area contributed by atoms with Gasteiger partial charge in [0.15, 0.2) is 5.22 Å². The Morgan fingerprint density at radius 1 is 1.64 bits per heavy atom. The lowest BCUT2D eigenvalue weighted by molar-refractivity contribution is 0.189. The standard InChI is InChI=1S/C10H16ClNO2/c1-12-9(4-3-6-13-2)8-5-7-14-10(8)11/h5,7,9,12H,3-4,6H2,1-2H3. The molecular weight excluding hydrogens is 202 g/mol. The fourth-order valence-electron chi connectivity index (χ4n) is 1.44. The summed E-state index contributed by atoms with van der Waals surface area (Å²) in [4.78, 5) is 0. The van der Waals surface area contributed by atoms with Gasteiger partial charge in [0.2, 0.25) is 0 Å². The molecular formula is C10H16ClNO2. The first-order valence-electron chi connectivity index (χ1n) is 4.68. The van der Waals surface area contributed by atoms with E-state index >= 15 is 0 Å². The summed E-state index contributed by atoms with van der Waals surface area (Å²) in [7, 11) is 3.63. The Labute approximate surface area is 89.4 Å². The van der Waals surface area contributed by atoms with E-state index in [4.69, 9.17) is 20.8 Å². The molecule has 80 valence electrons. The van der Waals surface area contributed by atoms with E-state index in [0.29, 0.717) is 5.22 Å². The van der Waals surface area contributed by atoms with E-state index < -0.39 is 0 Å². The Balaban J connectivity index is 2.50. The maximum absolute atomic E-state index is 5.89. The van der Waals surface area contributed by atoms with Crippen LogP contribution in [0.3, 0.4) is 0 Å². The van der Waals surface area contributed by atoms with Crippen LogP contribution in [0.4, 0.5) is 0 Å². The molecule has 1 unspecified atom stereocenters. The predicted octanol–water partition coefficient (Wildman–Crippen LogP) is 2.62. The Kier molecular flexibility index (Phi) is 5.01. The van der Waals surface area contributed by atoms with Crippen molar-refractivity contribution in [3.05, 3.63) is 23.1 Å². The molecule has 4 heteroatoms. The smallest absolute Gasteiger partial charge is 0.197 e. The van der Waals surface area contributed by atoms with Gasteiger partial charge < -0.3 is 14.5 Å². The lowest BCUT2D eigenvalue weighted by Gasteiger charge is -2.14. The third-order valence-electron chi connectivity index (χ3n) is 2.21. The van der Waals surface area contributed by atoms with Crippen molar-refractivity contribution in [2.24, 2.45) is 0 Å². The summed E-state index contributed by atoms with van der Waals surface area (Å²) >= 11 is 5.89. The number of furan rings is 1. The Hall–Kier alpha value is -0.510. The zero-order valence-corrected chi connectivity index (χ0v) is 9.30. The van der Waals surface area contributed by atoms with Crippen LogP contribution in [0.25, 0.3) is 0 Å². The molecule has 0 aliphatic heterocycles. The largest absolute Gasteiger partial charge is 0.453 e. The lowest BCUT2D eigenvalue weighted by Crippen LogP contribution is -2.16. The zero-order chi connectivity index (χ0) is 10.4. The molecule has 0 aliphatic rings. The first-order chi connectivity index (χ1) is 6.79. The number of hydrogen-bond acceptors (Lipinski definition) is 3. The second-order valence-electron chi connectivity index (χ2n) is 3.13. The average molecular weight is 218 g/mol. The fraction of sp³-hybridized carbons (Fsp3) is 0.600. The summed E-state index contributed by atoms with van der Waals surface area (Å²) in [5.74, 6) is 0. The number of ether oxygens (including phenoxy) is 1. The van der Waals surface area contributed by atoms with Crippen LogP contribution >= 0.6 is 11.6 Å². The first-order valence-corrected chi connectivity index (χ1v) is 5.06. The fourth-order valence-corrected chi connectivity index (χ4v) is 1.69. The van der Waals surface area contributed by atoms with Crippen LogP contribution in [0.1, 0.15) is 24.4 Å². The molecule has 0 saturated heterocycles. The van der Waals surface area contributed by atoms with Gasteiger partial charge in [0, 0.05) is 25.3 Å². The molecule has 14 heavy (non-hydrogen) atoms. The second kappa shape index (κ2) is 6.06. The molecule has 0 spiro atoms. The van der Waals surface area contributed by atoms with E-state index in [9.17, 15) is 0 Å². The molecule has 1 rings (SSSR count). The van der Waals surface area contributed by atoms with Crippen LogP contribution in [0, 0.1) is 0 Å². The Bertz CT molecular complexity index is 262. The van der Waals surface area contributed by atoms with Gasteiger partial charge in [-0.1, -0.05) is 0 Å². The third-order valence-corrected chi connectivity index (χ3v) is 2.52. The summed E-state index contributed by atoms with van der Waals surface area (Å²) in [6, 6.07) is 2.15. The van der Waals surface area contributed by atoms with Gasteiger partial charge in [-0.25, -0.2) is 0 Å². The Morgan fingerprint density at radius 3 is 2.93 bits per heavy atom. The van der Waals surface area contributed by atoms with Crippen molar-refractivity contribution in [1.29, 1.82) is 0 Å². The summed E-state index contributed by atoms with van der Waals surface area (Å²) in [6.07, 6.45) is 3.60. The second-order valence-corrected chi connectivity index (χ2v) is 3.47. The van der Waals surface area contributed by atoms with Gasteiger partial charge in [-0.15, -0.1) is 0 Å². The highest BCUT2D eigenvalue weighted by atomic mass is 35.5. The van der Waals surface area contributed by atoms with Crippen molar-refractivity contribution < 1.29 is 9.15 Å². The van der Waals surface area contributed by atoms with Crippen LogP contribution in [-0.2, 0) is 4.74 Å². The van der Waals surface area contributed by atoms with E-state index in [1.807, 2.05) is 13.1 Å². The van der Waals surface area contributed by atoms with Crippen LogP contribution in [0.15, 0.2) is 16.7 Å². The molecule has 0 saturated carbocycles. The van der Waals surface area contributed by atoms with Crippen LogP contribution in [-0.4, -0.2) is 20.8 Å². The van der Waals surface area contributed by atoms with Gasteiger partial charge in [-0.3, -0.25) is 0 Å². The van der Waals surface area contributed by atoms with Crippen molar-refractivity contribution >= 4 is 11.6 Å². The van der Waals surface area contributed by atoms with E-state index in [1.165, 1.54) is 0 Å². The minimum Gasteiger partial charge on any atom is -0.453 e. The van der Waals surface area contributed by atoms with E-state index in [0.717, 1.165) is 25.0 Å². The number of halogens is 1. The van der Waals surface area contributed by atoms with Crippen molar-refractivity contribution in [2.45, 2.75) is 18.9 Å². The van der Waals surface area contributed by atoms with E-state index in [-0.39, 0.29) is 6.04 Å². The molecule has 1 heterocycles. The first kappa shape index (κ1) is 11.6. The van der Waals surface area contributed by atoms with Crippen LogP contribution < -0.4 is 5.32 Å². The maximum atomic E-state index is 5.89. The third kappa shape index (κ3) is 3.01. The Morgan fingerprint density at radius 2 is 2.43 bits per heavy atom. The molecule has 0 bridgehead atoms. The minimum atomic E-state index is 0.247. The summed E-state index contributed by atoms with van der Waals surface area (Å²) in [5.41, 5.74) is 1.02. The number of hydrogen-bond donors (Lipinski definition) is 1. The van der Waals surface area contributed by atoms with E-state index in [2.05, 4.69) is 5.32 Å². The quantitative estimate of drug-likeness (QED) is 0.744. The maximum Gasteiger partial charge on any atom is 0.197 e. The van der Waals surface area contributed by atoms with Crippen LogP contribution in [0.5, 0.6) is 0 Å². The van der Waals surface area contributed by atoms with Gasteiger partial charge in [-0.2, -0.15) is 0 Å². The van der Waals surface area contributed by atoms with Gasteiger partial charge in [0.1, 0.15) is 0 Å². The van der Waals surface area contributed by atoms with Crippen molar-refractivity contribution in [2.75, 3.05) is 20.8 Å². The molecule has 0 aromatic carbocycles. The molecule has 3 nitrogen and oxygen atoms in total. The highest BCUT2D eigenvalue weighted by Gasteiger charge is 2.14. The zero-order valence-electron chi connectivity index (χ0n) is 8.55. The monoisotopic (exact) mass is 217 g/mol. The lowest BCUT2D eigenvalue weighted by atomic mass is 10.1. The molecule has 1 N–H and O–H groups in total. The average Bonchev–Trinajstić information content (AvgIpc) is 2.60. The molecule has 0 fully saturated rings. The predicted molar refractivity (Wildman–Crippen MR) is 56.6 cm³/mol. The topological polar surface area (TPSA) is 34.4 Å². The molecule has 1 atom stereocenters. The highest BCUT2D eigenvalue weighted by molar-refractivity contribution is 6.29. The van der Waals surface area contributed by atoms with Gasteiger partial charge >= 0.3 is 0 Å². The highest BCUT2D eigenvalue weighted by Crippen LogP contribution is 2.26. The summed E-state index contributed by atoms with van der Waals surface area (Å²) in [6.45, 7) is 0.771. The van der Waals surface area contributed by atoms with Gasteiger partial charge in [-0.05, 0) is 37.6 Å². The van der Waals surface area contributed by atoms with Crippen molar-refractivity contribution in [1.82, 2.24) is 5.32 Å². The number of nitrogens with one attached hydrogen (secondary N) is 1. The van der Waals surface area contributed by atoms with E-state index in [1.54, 1.807) is 13.4 Å². The molecule has 0 radical (unpaired) electrons. The SMILES string of the molecule is CNC(CCCOC)c1ccoc1Cl. The molecule has 0 amide bonds. The summed E-state index contributed by atoms with van der Waals surface area (Å²) < 4.78 is 10.0. The van der Waals surface area contributed by atoms with Crippen molar-refractivity contribution in [3.63, 3.8) is 0 Å². The van der Waals surface area contributed by atoms with Gasteiger partial charge in [0.25, 0.3) is 0 Å². The number of rotatable bonds is 6. The molecule has 1 aromatic rings.